The Morgan fingerprint density at radius 2 is 1.64 bits per heavy atom. The molecule has 3 aromatic carbocycles. The Kier molecular flexibility index (Phi) is 6.09. The van der Waals surface area contributed by atoms with Gasteiger partial charge in [0.2, 0.25) is 5.91 Å². The van der Waals surface area contributed by atoms with Crippen LogP contribution in [-0.2, 0) is 11.3 Å². The summed E-state index contributed by atoms with van der Waals surface area (Å²) in [6.45, 7) is 3.65. The van der Waals surface area contributed by atoms with E-state index < -0.39 is 0 Å². The molecule has 1 N–H and O–H groups in total. The molecule has 5 nitrogen and oxygen atoms in total. The van der Waals surface area contributed by atoms with Crippen molar-refractivity contribution >= 4 is 28.3 Å². The average Bonchev–Trinajstić information content (AvgIpc) is 3.68. The number of amides is 2. The van der Waals surface area contributed by atoms with Gasteiger partial charge in [0, 0.05) is 38.6 Å². The zero-order valence-corrected chi connectivity index (χ0v) is 18.6. The monoisotopic (exact) mass is 445 g/mol. The molecule has 1 heterocycles. The topological polar surface area (TPSA) is 52.7 Å². The summed E-state index contributed by atoms with van der Waals surface area (Å²) in [5.41, 5.74) is 2.22. The van der Waals surface area contributed by atoms with Gasteiger partial charge in [0.25, 0.3) is 5.91 Å². The highest BCUT2D eigenvalue weighted by atomic mass is 19.1. The van der Waals surface area contributed by atoms with E-state index in [0.29, 0.717) is 24.3 Å². The van der Waals surface area contributed by atoms with E-state index in [1.807, 2.05) is 53.4 Å². The predicted molar refractivity (Wildman–Crippen MR) is 127 cm³/mol. The minimum atomic E-state index is -0.230. The first kappa shape index (κ1) is 21.6. The highest BCUT2D eigenvalue weighted by Crippen LogP contribution is 2.32. The predicted octanol–water partition coefficient (Wildman–Crippen LogP) is 4.68. The number of carbonyl (C=O) groups is 2. The van der Waals surface area contributed by atoms with Crippen LogP contribution in [0.25, 0.3) is 10.8 Å². The summed E-state index contributed by atoms with van der Waals surface area (Å²) in [4.78, 5) is 30.3. The Morgan fingerprint density at radius 1 is 0.909 bits per heavy atom. The third kappa shape index (κ3) is 5.06. The van der Waals surface area contributed by atoms with Crippen molar-refractivity contribution in [1.29, 1.82) is 0 Å². The van der Waals surface area contributed by atoms with Crippen LogP contribution in [0.1, 0.15) is 35.2 Å². The average molecular weight is 446 g/mol. The second kappa shape index (κ2) is 9.32. The van der Waals surface area contributed by atoms with Crippen LogP contribution in [0, 0.1) is 11.7 Å². The smallest absolute Gasteiger partial charge is 0.256 e. The SMILES string of the molecule is O=C(Nc1cc2ccccc2cc1C(=O)N1CCCN(Cc2ccc(F)cc2)CC1)C1CC1. The standard InChI is InChI=1S/C27H28FN3O2/c28-23-10-6-19(7-11-23)18-30-12-3-13-31(15-14-30)27(33)24-16-21-4-1-2-5-22(21)17-25(24)29-26(32)20-8-9-20/h1-2,4-7,10-11,16-17,20H,3,8-9,12-15,18H2,(H,29,32). The van der Waals surface area contributed by atoms with E-state index >= 15 is 0 Å². The fraction of sp³-hybridized carbons (Fsp3) is 0.333. The number of anilines is 1. The molecule has 33 heavy (non-hydrogen) atoms. The maximum Gasteiger partial charge on any atom is 0.256 e. The maximum atomic E-state index is 13.6. The van der Waals surface area contributed by atoms with Gasteiger partial charge in [0.1, 0.15) is 5.82 Å². The first-order valence-corrected chi connectivity index (χ1v) is 11.7. The third-order valence-electron chi connectivity index (χ3n) is 6.52. The van der Waals surface area contributed by atoms with E-state index in [1.54, 1.807) is 0 Å². The third-order valence-corrected chi connectivity index (χ3v) is 6.52. The minimum Gasteiger partial charge on any atom is -0.337 e. The van der Waals surface area contributed by atoms with Crippen LogP contribution in [0.3, 0.4) is 0 Å². The summed E-state index contributed by atoms with van der Waals surface area (Å²) in [7, 11) is 0. The van der Waals surface area contributed by atoms with Gasteiger partial charge in [-0.25, -0.2) is 4.39 Å². The Balaban J connectivity index is 1.34. The molecule has 0 atom stereocenters. The molecule has 170 valence electrons. The number of fused-ring (bicyclic) bond motifs is 1. The lowest BCUT2D eigenvalue weighted by molar-refractivity contribution is -0.117. The molecule has 0 radical (unpaired) electrons. The summed E-state index contributed by atoms with van der Waals surface area (Å²) in [5.74, 6) is -0.208. The number of hydrogen-bond acceptors (Lipinski definition) is 3. The second-order valence-electron chi connectivity index (χ2n) is 9.06. The van der Waals surface area contributed by atoms with Gasteiger partial charge in [0.05, 0.1) is 11.3 Å². The summed E-state index contributed by atoms with van der Waals surface area (Å²) in [6.07, 6.45) is 2.70. The first-order valence-electron chi connectivity index (χ1n) is 11.7. The quantitative estimate of drug-likeness (QED) is 0.621. The van der Waals surface area contributed by atoms with Crippen LogP contribution in [0.15, 0.2) is 60.7 Å². The molecule has 2 amide bonds. The molecule has 1 saturated heterocycles. The van der Waals surface area contributed by atoms with Crippen molar-refractivity contribution in [1.82, 2.24) is 9.80 Å². The number of halogens is 1. The number of benzene rings is 3. The van der Waals surface area contributed by atoms with E-state index in [9.17, 15) is 14.0 Å². The van der Waals surface area contributed by atoms with Crippen molar-refractivity contribution in [3.63, 3.8) is 0 Å². The van der Waals surface area contributed by atoms with Gasteiger partial charge < -0.3 is 10.2 Å². The molecule has 6 heteroatoms. The molecule has 2 fully saturated rings. The summed E-state index contributed by atoms with van der Waals surface area (Å²) >= 11 is 0. The van der Waals surface area contributed by atoms with Crippen LogP contribution >= 0.6 is 0 Å². The fourth-order valence-corrected chi connectivity index (χ4v) is 4.45. The van der Waals surface area contributed by atoms with Crippen molar-refractivity contribution < 1.29 is 14.0 Å². The molecule has 5 rings (SSSR count). The second-order valence-corrected chi connectivity index (χ2v) is 9.06. The van der Waals surface area contributed by atoms with Crippen LogP contribution in [0.2, 0.25) is 0 Å². The van der Waals surface area contributed by atoms with Crippen LogP contribution in [0.5, 0.6) is 0 Å². The van der Waals surface area contributed by atoms with Crippen molar-refractivity contribution in [2.75, 3.05) is 31.5 Å². The zero-order chi connectivity index (χ0) is 22.8. The number of hydrogen-bond donors (Lipinski definition) is 1. The molecule has 0 spiro atoms. The van der Waals surface area contributed by atoms with Crippen molar-refractivity contribution in [2.45, 2.75) is 25.8 Å². The lowest BCUT2D eigenvalue weighted by atomic mass is 10.0. The van der Waals surface area contributed by atoms with E-state index in [-0.39, 0.29) is 23.5 Å². The van der Waals surface area contributed by atoms with Crippen molar-refractivity contribution in [2.24, 2.45) is 5.92 Å². The lowest BCUT2D eigenvalue weighted by Crippen LogP contribution is -2.35. The first-order chi connectivity index (χ1) is 16.1. The summed E-state index contributed by atoms with van der Waals surface area (Å²) < 4.78 is 13.2. The molecule has 0 unspecified atom stereocenters. The molecule has 0 bridgehead atoms. The fourth-order valence-electron chi connectivity index (χ4n) is 4.45. The van der Waals surface area contributed by atoms with Crippen LogP contribution in [-0.4, -0.2) is 47.8 Å². The number of nitrogens with zero attached hydrogens (tertiary/aromatic N) is 2. The van der Waals surface area contributed by atoms with Gasteiger partial charge in [-0.1, -0.05) is 36.4 Å². The van der Waals surface area contributed by atoms with E-state index in [2.05, 4.69) is 10.2 Å². The van der Waals surface area contributed by atoms with Gasteiger partial charge in [0.15, 0.2) is 0 Å². The summed E-state index contributed by atoms with van der Waals surface area (Å²) in [6, 6.07) is 18.3. The number of nitrogens with one attached hydrogen (secondary N) is 1. The van der Waals surface area contributed by atoms with Gasteiger partial charge in [-0.05, 0) is 59.9 Å². The molecule has 2 aliphatic rings. The number of carbonyl (C=O) groups excluding carboxylic acids is 2. The minimum absolute atomic E-state index is 0.000621. The zero-order valence-electron chi connectivity index (χ0n) is 18.6. The van der Waals surface area contributed by atoms with E-state index in [1.165, 1.54) is 12.1 Å². The van der Waals surface area contributed by atoms with Gasteiger partial charge in [-0.3, -0.25) is 14.5 Å². The molecular formula is C27H28FN3O2. The van der Waals surface area contributed by atoms with Crippen molar-refractivity contribution in [3.05, 3.63) is 77.6 Å². The molecule has 1 aliphatic heterocycles. The highest BCUT2D eigenvalue weighted by Gasteiger charge is 2.31. The summed E-state index contributed by atoms with van der Waals surface area (Å²) in [5, 5.41) is 5.00. The van der Waals surface area contributed by atoms with Gasteiger partial charge in [-0.2, -0.15) is 0 Å². The number of rotatable bonds is 5. The lowest BCUT2D eigenvalue weighted by Gasteiger charge is -2.23. The molecule has 1 aliphatic carbocycles. The van der Waals surface area contributed by atoms with E-state index in [4.69, 9.17) is 0 Å². The van der Waals surface area contributed by atoms with Gasteiger partial charge in [-0.15, -0.1) is 0 Å². The largest absolute Gasteiger partial charge is 0.337 e. The molecule has 0 aromatic heterocycles. The highest BCUT2D eigenvalue weighted by molar-refractivity contribution is 6.08. The van der Waals surface area contributed by atoms with Crippen LogP contribution in [0.4, 0.5) is 10.1 Å². The molecule has 1 saturated carbocycles. The Labute approximate surface area is 193 Å². The maximum absolute atomic E-state index is 13.6. The van der Waals surface area contributed by atoms with E-state index in [0.717, 1.165) is 55.2 Å². The Bertz CT molecular complexity index is 1170. The Morgan fingerprint density at radius 3 is 2.36 bits per heavy atom. The van der Waals surface area contributed by atoms with Crippen LogP contribution < -0.4 is 5.32 Å². The molecule has 3 aromatic rings. The molecular weight excluding hydrogens is 417 g/mol. The van der Waals surface area contributed by atoms with Gasteiger partial charge >= 0.3 is 0 Å². The Hall–Kier alpha value is -3.25. The van der Waals surface area contributed by atoms with Crippen molar-refractivity contribution in [3.8, 4) is 0 Å². The normalized spacial score (nSPS) is 17.1.